The number of hydrogen-bond donors (Lipinski definition) is 1. The fourth-order valence-electron chi connectivity index (χ4n) is 1.88. The third-order valence-electron chi connectivity index (χ3n) is 2.98. The summed E-state index contributed by atoms with van der Waals surface area (Å²) in [5, 5.41) is 7.54. The lowest BCUT2D eigenvalue weighted by atomic mass is 10.2. The van der Waals surface area contributed by atoms with E-state index in [9.17, 15) is 0 Å². The molecule has 0 bridgehead atoms. The molecule has 0 fully saturated rings. The molecule has 5 nitrogen and oxygen atoms in total. The Morgan fingerprint density at radius 1 is 1.38 bits per heavy atom. The molecule has 1 aromatic heterocycles. The Kier molecular flexibility index (Phi) is 6.22. The van der Waals surface area contributed by atoms with E-state index in [1.807, 2.05) is 29.9 Å². The molecule has 6 heteroatoms. The van der Waals surface area contributed by atoms with Gasteiger partial charge in [-0.25, -0.2) is 0 Å². The zero-order valence-electron chi connectivity index (χ0n) is 12.3. The van der Waals surface area contributed by atoms with Crippen molar-refractivity contribution in [2.75, 3.05) is 20.3 Å². The molecule has 1 heterocycles. The number of benzene rings is 1. The molecular weight excluding hydrogens is 334 g/mol. The van der Waals surface area contributed by atoms with Gasteiger partial charge in [-0.2, -0.15) is 5.10 Å². The maximum Gasteiger partial charge on any atom is 0.165 e. The first-order valence-electron chi connectivity index (χ1n) is 6.91. The molecule has 0 spiro atoms. The van der Waals surface area contributed by atoms with Crippen LogP contribution in [0.5, 0.6) is 11.5 Å². The summed E-state index contributed by atoms with van der Waals surface area (Å²) >= 11 is 3.50. The highest BCUT2D eigenvalue weighted by Gasteiger charge is 2.07. The molecule has 0 amide bonds. The van der Waals surface area contributed by atoms with Crippen molar-refractivity contribution in [3.8, 4) is 11.5 Å². The van der Waals surface area contributed by atoms with Crippen LogP contribution in [0.4, 0.5) is 0 Å². The van der Waals surface area contributed by atoms with Crippen molar-refractivity contribution >= 4 is 15.9 Å². The molecule has 0 atom stereocenters. The highest BCUT2D eigenvalue weighted by Crippen LogP contribution is 2.27. The molecule has 0 aliphatic heterocycles. The van der Waals surface area contributed by atoms with E-state index in [4.69, 9.17) is 9.47 Å². The van der Waals surface area contributed by atoms with Crippen molar-refractivity contribution in [2.24, 2.45) is 0 Å². The molecule has 0 aliphatic rings. The Labute approximate surface area is 133 Å². The molecule has 0 unspecified atom stereocenters. The summed E-state index contributed by atoms with van der Waals surface area (Å²) in [5.74, 6) is 1.58. The van der Waals surface area contributed by atoms with Crippen LogP contribution in [-0.4, -0.2) is 30.0 Å². The van der Waals surface area contributed by atoms with Gasteiger partial charge in [0.1, 0.15) is 5.75 Å². The minimum absolute atomic E-state index is 0.688. The van der Waals surface area contributed by atoms with E-state index in [-0.39, 0.29) is 0 Å². The number of hydrogen-bond acceptors (Lipinski definition) is 4. The lowest BCUT2D eigenvalue weighted by molar-refractivity contribution is 0.199. The Morgan fingerprint density at radius 3 is 2.95 bits per heavy atom. The van der Waals surface area contributed by atoms with E-state index < -0.39 is 0 Å². The second-order valence-electron chi connectivity index (χ2n) is 4.56. The smallest absolute Gasteiger partial charge is 0.165 e. The minimum Gasteiger partial charge on any atom is -0.454 e. The second-order valence-corrected chi connectivity index (χ2v) is 5.47. The summed E-state index contributed by atoms with van der Waals surface area (Å²) in [7, 11) is 1.70. The number of aromatic nitrogens is 2. The Balaban J connectivity index is 2.06. The molecule has 2 rings (SSSR count). The van der Waals surface area contributed by atoms with Crippen molar-refractivity contribution in [1.29, 1.82) is 0 Å². The first-order valence-corrected chi connectivity index (χ1v) is 7.70. The number of aryl methyl sites for hydroxylation is 1. The average Bonchev–Trinajstić information content (AvgIpc) is 2.94. The largest absolute Gasteiger partial charge is 0.454 e. The average molecular weight is 354 g/mol. The number of nitrogens with one attached hydrogen (secondary N) is 1. The van der Waals surface area contributed by atoms with Crippen molar-refractivity contribution in [3.05, 3.63) is 40.6 Å². The van der Waals surface area contributed by atoms with Gasteiger partial charge < -0.3 is 14.8 Å². The van der Waals surface area contributed by atoms with Gasteiger partial charge in [0.25, 0.3) is 0 Å². The van der Waals surface area contributed by atoms with Gasteiger partial charge in [-0.3, -0.25) is 4.68 Å². The van der Waals surface area contributed by atoms with Gasteiger partial charge in [0, 0.05) is 36.8 Å². The summed E-state index contributed by atoms with van der Waals surface area (Å²) in [4.78, 5) is 0. The fourth-order valence-corrected chi connectivity index (χ4v) is 2.29. The number of ether oxygens (including phenoxy) is 2. The first kappa shape index (κ1) is 16.0. The van der Waals surface area contributed by atoms with E-state index in [0.29, 0.717) is 6.61 Å². The van der Waals surface area contributed by atoms with Crippen LogP contribution in [0.3, 0.4) is 0 Å². The predicted molar refractivity (Wildman–Crippen MR) is 85.7 cm³/mol. The van der Waals surface area contributed by atoms with Crippen LogP contribution in [0.15, 0.2) is 35.1 Å². The maximum atomic E-state index is 5.93. The predicted octanol–water partition coefficient (Wildman–Crippen LogP) is 3.19. The van der Waals surface area contributed by atoms with Gasteiger partial charge in [-0.05, 0) is 25.1 Å². The second kappa shape index (κ2) is 8.17. The molecule has 0 aliphatic carbocycles. The van der Waals surface area contributed by atoms with E-state index >= 15 is 0 Å². The molecular formula is C15H20BrN3O2. The van der Waals surface area contributed by atoms with Crippen molar-refractivity contribution in [1.82, 2.24) is 15.1 Å². The zero-order chi connectivity index (χ0) is 15.1. The Hall–Kier alpha value is -1.37. The van der Waals surface area contributed by atoms with Crippen LogP contribution >= 0.6 is 15.9 Å². The highest BCUT2D eigenvalue weighted by molar-refractivity contribution is 9.10. The highest BCUT2D eigenvalue weighted by atomic mass is 79.9. The van der Waals surface area contributed by atoms with Gasteiger partial charge >= 0.3 is 0 Å². The Morgan fingerprint density at radius 2 is 2.24 bits per heavy atom. The number of nitrogens with zero attached hydrogens (tertiary/aromatic N) is 2. The third kappa shape index (κ3) is 4.84. The minimum atomic E-state index is 0.688. The Bertz CT molecular complexity index is 572. The summed E-state index contributed by atoms with van der Waals surface area (Å²) in [6.07, 6.45) is 3.62. The third-order valence-corrected chi connectivity index (χ3v) is 3.48. The number of methoxy groups -OCH3 is 1. The molecule has 1 N–H and O–H groups in total. The molecule has 114 valence electrons. The van der Waals surface area contributed by atoms with Crippen molar-refractivity contribution < 1.29 is 9.47 Å². The zero-order valence-corrected chi connectivity index (χ0v) is 13.9. The first-order chi connectivity index (χ1) is 10.2. The van der Waals surface area contributed by atoms with E-state index in [1.54, 1.807) is 13.3 Å². The van der Waals surface area contributed by atoms with Gasteiger partial charge in [0.05, 0.1) is 19.0 Å². The molecule has 2 aromatic rings. The molecule has 0 saturated carbocycles. The summed E-state index contributed by atoms with van der Waals surface area (Å²) in [6.45, 7) is 5.08. The van der Waals surface area contributed by atoms with Crippen molar-refractivity contribution in [3.63, 3.8) is 0 Å². The van der Waals surface area contributed by atoms with Crippen LogP contribution in [-0.2, 0) is 17.8 Å². The van der Waals surface area contributed by atoms with Gasteiger partial charge in [-0.15, -0.1) is 0 Å². The van der Waals surface area contributed by atoms with Gasteiger partial charge in [0.15, 0.2) is 5.75 Å². The summed E-state index contributed by atoms with van der Waals surface area (Å²) in [6, 6.07) is 5.98. The standard InChI is InChI=1S/C15H20BrN3O2/c1-3-19-11-14(10-18-19)21-15-5-4-13(16)8-12(15)9-17-6-7-20-2/h4-5,8,10-11,17H,3,6-7,9H2,1-2H3. The lowest BCUT2D eigenvalue weighted by Crippen LogP contribution is -2.18. The quantitative estimate of drug-likeness (QED) is 0.740. The normalized spacial score (nSPS) is 10.8. The van der Waals surface area contributed by atoms with Crippen LogP contribution < -0.4 is 10.1 Å². The maximum absolute atomic E-state index is 5.93. The van der Waals surface area contributed by atoms with Gasteiger partial charge in [0.2, 0.25) is 0 Å². The summed E-state index contributed by atoms with van der Waals surface area (Å²) < 4.78 is 13.8. The van der Waals surface area contributed by atoms with Crippen molar-refractivity contribution in [2.45, 2.75) is 20.0 Å². The molecule has 0 saturated heterocycles. The SMILES string of the molecule is CCn1cc(Oc2ccc(Br)cc2CNCCOC)cn1. The van der Waals surface area contributed by atoms with Crippen LogP contribution in [0.25, 0.3) is 0 Å². The van der Waals surface area contributed by atoms with E-state index in [0.717, 1.165) is 41.2 Å². The van der Waals surface area contributed by atoms with Crippen LogP contribution in [0.1, 0.15) is 12.5 Å². The summed E-state index contributed by atoms with van der Waals surface area (Å²) in [5.41, 5.74) is 1.09. The molecule has 21 heavy (non-hydrogen) atoms. The van der Waals surface area contributed by atoms with Gasteiger partial charge in [-0.1, -0.05) is 15.9 Å². The van der Waals surface area contributed by atoms with Crippen LogP contribution in [0.2, 0.25) is 0 Å². The fraction of sp³-hybridized carbons (Fsp3) is 0.400. The van der Waals surface area contributed by atoms with E-state index in [1.165, 1.54) is 0 Å². The number of rotatable bonds is 8. The monoisotopic (exact) mass is 353 g/mol. The lowest BCUT2D eigenvalue weighted by Gasteiger charge is -2.11. The molecule has 1 aromatic carbocycles. The van der Waals surface area contributed by atoms with Crippen LogP contribution in [0, 0.1) is 0 Å². The van der Waals surface area contributed by atoms with E-state index in [2.05, 4.69) is 32.4 Å². The topological polar surface area (TPSA) is 48.3 Å². The number of halogens is 1. The molecule has 0 radical (unpaired) electrons.